The van der Waals surface area contributed by atoms with Gasteiger partial charge in [0.1, 0.15) is 6.10 Å². The van der Waals surface area contributed by atoms with Gasteiger partial charge < -0.3 is 4.43 Å². The van der Waals surface area contributed by atoms with E-state index in [2.05, 4.69) is 20.8 Å². The van der Waals surface area contributed by atoms with Gasteiger partial charge in [-0.1, -0.05) is 26.8 Å². The van der Waals surface area contributed by atoms with Crippen molar-refractivity contribution in [3.05, 3.63) is 12.2 Å². The predicted molar refractivity (Wildman–Crippen MR) is 65.5 cm³/mol. The SMILES string of the molecule is CC[Si](CC)(CC)OC1CCC=CC1=O. The van der Waals surface area contributed by atoms with E-state index < -0.39 is 8.32 Å². The number of hydrogen-bond donors (Lipinski definition) is 0. The summed E-state index contributed by atoms with van der Waals surface area (Å²) in [6.45, 7) is 6.59. The smallest absolute Gasteiger partial charge is 0.193 e. The number of rotatable bonds is 5. The fourth-order valence-electron chi connectivity index (χ4n) is 2.12. The van der Waals surface area contributed by atoms with Crippen LogP contribution in [-0.4, -0.2) is 20.2 Å². The molecule has 1 aliphatic rings. The zero-order valence-corrected chi connectivity index (χ0v) is 11.1. The maximum Gasteiger partial charge on any atom is 0.193 e. The minimum absolute atomic E-state index is 0.137. The van der Waals surface area contributed by atoms with Crippen LogP contribution in [0.25, 0.3) is 0 Å². The van der Waals surface area contributed by atoms with Crippen molar-refractivity contribution in [2.45, 2.75) is 57.8 Å². The van der Waals surface area contributed by atoms with E-state index in [0.717, 1.165) is 31.0 Å². The number of allylic oxidation sites excluding steroid dienone is 1. The summed E-state index contributed by atoms with van der Waals surface area (Å²) in [4.78, 5) is 11.6. The van der Waals surface area contributed by atoms with Crippen molar-refractivity contribution < 1.29 is 9.22 Å². The molecule has 15 heavy (non-hydrogen) atoms. The van der Waals surface area contributed by atoms with Crippen LogP contribution in [0, 0.1) is 0 Å². The summed E-state index contributed by atoms with van der Waals surface area (Å²) in [6.07, 6.45) is 5.37. The second-order valence-electron chi connectivity index (χ2n) is 4.23. The molecule has 0 fully saturated rings. The molecule has 2 nitrogen and oxygen atoms in total. The molecular formula is C12H22O2Si. The van der Waals surface area contributed by atoms with Crippen LogP contribution >= 0.6 is 0 Å². The monoisotopic (exact) mass is 226 g/mol. The lowest BCUT2D eigenvalue weighted by atomic mass is 10.0. The van der Waals surface area contributed by atoms with Crippen LogP contribution in [0.2, 0.25) is 18.1 Å². The molecule has 0 saturated heterocycles. The molecule has 0 spiro atoms. The van der Waals surface area contributed by atoms with E-state index in [-0.39, 0.29) is 11.9 Å². The van der Waals surface area contributed by atoms with Gasteiger partial charge in [0.25, 0.3) is 0 Å². The molecule has 0 amide bonds. The first-order valence-corrected chi connectivity index (χ1v) is 8.58. The predicted octanol–water partition coefficient (Wildman–Crippen LogP) is 3.30. The summed E-state index contributed by atoms with van der Waals surface area (Å²) in [5.74, 6) is 0.175. The molecule has 1 aliphatic carbocycles. The molecule has 0 aromatic rings. The maximum absolute atomic E-state index is 11.6. The zero-order valence-electron chi connectivity index (χ0n) is 10.1. The molecule has 0 aliphatic heterocycles. The second-order valence-corrected chi connectivity index (χ2v) is 8.96. The molecule has 1 unspecified atom stereocenters. The molecule has 0 N–H and O–H groups in total. The molecule has 3 heteroatoms. The summed E-state index contributed by atoms with van der Waals surface area (Å²) >= 11 is 0. The van der Waals surface area contributed by atoms with Crippen molar-refractivity contribution in [3.8, 4) is 0 Å². The van der Waals surface area contributed by atoms with Gasteiger partial charge in [-0.3, -0.25) is 4.79 Å². The highest BCUT2D eigenvalue weighted by Crippen LogP contribution is 2.26. The van der Waals surface area contributed by atoms with E-state index in [1.807, 2.05) is 6.08 Å². The van der Waals surface area contributed by atoms with Crippen molar-refractivity contribution >= 4 is 14.1 Å². The van der Waals surface area contributed by atoms with Gasteiger partial charge in [-0.15, -0.1) is 0 Å². The van der Waals surface area contributed by atoms with E-state index in [1.165, 1.54) is 0 Å². The Bertz CT molecular complexity index is 236. The highest BCUT2D eigenvalue weighted by atomic mass is 28.4. The van der Waals surface area contributed by atoms with Crippen LogP contribution in [0.1, 0.15) is 33.6 Å². The third-order valence-corrected chi connectivity index (χ3v) is 8.17. The lowest BCUT2D eigenvalue weighted by Gasteiger charge is -2.33. The normalized spacial score (nSPS) is 22.1. The molecule has 0 radical (unpaired) electrons. The molecule has 0 saturated carbocycles. The van der Waals surface area contributed by atoms with Crippen LogP contribution in [0.5, 0.6) is 0 Å². The third-order valence-electron chi connectivity index (χ3n) is 3.52. The van der Waals surface area contributed by atoms with Gasteiger partial charge in [0.15, 0.2) is 14.1 Å². The first-order chi connectivity index (χ1) is 7.17. The Labute approximate surface area is 93.8 Å². The van der Waals surface area contributed by atoms with Crippen molar-refractivity contribution in [2.24, 2.45) is 0 Å². The van der Waals surface area contributed by atoms with E-state index in [9.17, 15) is 4.79 Å². The van der Waals surface area contributed by atoms with Crippen LogP contribution in [-0.2, 0) is 9.22 Å². The average molecular weight is 226 g/mol. The molecule has 0 bridgehead atoms. The fraction of sp³-hybridized carbons (Fsp3) is 0.750. The minimum Gasteiger partial charge on any atom is -0.407 e. The second kappa shape index (κ2) is 5.61. The summed E-state index contributed by atoms with van der Waals surface area (Å²) < 4.78 is 6.18. The van der Waals surface area contributed by atoms with Gasteiger partial charge >= 0.3 is 0 Å². The van der Waals surface area contributed by atoms with E-state index in [4.69, 9.17) is 4.43 Å². The van der Waals surface area contributed by atoms with E-state index >= 15 is 0 Å². The molecule has 0 aromatic heterocycles. The topological polar surface area (TPSA) is 26.3 Å². The molecule has 1 rings (SSSR count). The van der Waals surface area contributed by atoms with Crippen LogP contribution < -0.4 is 0 Å². The van der Waals surface area contributed by atoms with Gasteiger partial charge in [-0.2, -0.15) is 0 Å². The Hall–Kier alpha value is -0.413. The Kier molecular flexibility index (Phi) is 4.73. The Balaban J connectivity index is 2.65. The maximum atomic E-state index is 11.6. The first kappa shape index (κ1) is 12.7. The number of carbonyl (C=O) groups is 1. The lowest BCUT2D eigenvalue weighted by molar-refractivity contribution is -0.122. The van der Waals surface area contributed by atoms with E-state index in [1.54, 1.807) is 6.08 Å². The lowest BCUT2D eigenvalue weighted by Crippen LogP contribution is -2.42. The summed E-state index contributed by atoms with van der Waals surface area (Å²) in [5.41, 5.74) is 0. The van der Waals surface area contributed by atoms with Gasteiger partial charge in [-0.25, -0.2) is 0 Å². The number of carbonyl (C=O) groups excluding carboxylic acids is 1. The average Bonchev–Trinajstić information content (AvgIpc) is 2.29. The first-order valence-electron chi connectivity index (χ1n) is 6.05. The van der Waals surface area contributed by atoms with Gasteiger partial charge in [0.2, 0.25) is 0 Å². The van der Waals surface area contributed by atoms with Crippen molar-refractivity contribution in [2.75, 3.05) is 0 Å². The number of ketones is 1. The van der Waals surface area contributed by atoms with Gasteiger partial charge in [0, 0.05) is 0 Å². The zero-order chi connectivity index (χ0) is 11.3. The molecule has 1 atom stereocenters. The van der Waals surface area contributed by atoms with Crippen molar-refractivity contribution in [3.63, 3.8) is 0 Å². The highest BCUT2D eigenvalue weighted by Gasteiger charge is 2.34. The number of hydrogen-bond acceptors (Lipinski definition) is 2. The largest absolute Gasteiger partial charge is 0.407 e. The van der Waals surface area contributed by atoms with Crippen LogP contribution in [0.15, 0.2) is 12.2 Å². The summed E-state index contributed by atoms with van der Waals surface area (Å²) in [6, 6.07) is 3.36. The third kappa shape index (κ3) is 3.02. The Morgan fingerprint density at radius 2 is 1.93 bits per heavy atom. The van der Waals surface area contributed by atoms with Gasteiger partial charge in [-0.05, 0) is 37.0 Å². The standard InChI is InChI=1S/C12H22O2Si/c1-4-15(5-2,6-3)14-12-10-8-7-9-11(12)13/h7,9,12H,4-6,8,10H2,1-3H3. The summed E-state index contributed by atoms with van der Waals surface area (Å²) in [7, 11) is -1.60. The molecule has 0 heterocycles. The molecule has 86 valence electrons. The van der Waals surface area contributed by atoms with Crippen LogP contribution in [0.3, 0.4) is 0 Å². The Morgan fingerprint density at radius 3 is 2.40 bits per heavy atom. The highest BCUT2D eigenvalue weighted by molar-refractivity contribution is 6.73. The fourth-order valence-corrected chi connectivity index (χ4v) is 4.95. The summed E-state index contributed by atoms with van der Waals surface area (Å²) in [5, 5.41) is 0. The molecular weight excluding hydrogens is 204 g/mol. The quantitative estimate of drug-likeness (QED) is 0.672. The minimum atomic E-state index is -1.60. The van der Waals surface area contributed by atoms with Crippen molar-refractivity contribution in [1.29, 1.82) is 0 Å². The van der Waals surface area contributed by atoms with Crippen molar-refractivity contribution in [1.82, 2.24) is 0 Å². The molecule has 0 aromatic carbocycles. The Morgan fingerprint density at radius 1 is 1.33 bits per heavy atom. The van der Waals surface area contributed by atoms with Crippen LogP contribution in [0.4, 0.5) is 0 Å². The van der Waals surface area contributed by atoms with E-state index in [0.29, 0.717) is 0 Å². The van der Waals surface area contributed by atoms with Gasteiger partial charge in [0.05, 0.1) is 0 Å².